The third-order valence-corrected chi connectivity index (χ3v) is 3.65. The highest BCUT2D eigenvalue weighted by Crippen LogP contribution is 2.32. The zero-order valence-electron chi connectivity index (χ0n) is 14.9. The molecule has 0 unspecified atom stereocenters. The van der Waals surface area contributed by atoms with Crippen LogP contribution in [-0.4, -0.2) is 45.6 Å². The van der Waals surface area contributed by atoms with Crippen LogP contribution in [0.15, 0.2) is 23.2 Å². The van der Waals surface area contributed by atoms with Gasteiger partial charge in [-0.05, 0) is 24.6 Å². The number of ether oxygens (including phenoxy) is 4. The van der Waals surface area contributed by atoms with Crippen LogP contribution in [0.2, 0.25) is 0 Å². The number of rotatable bonds is 9. The number of fused-ring (bicyclic) bond motifs is 1. The Morgan fingerprint density at radius 1 is 1.20 bits per heavy atom. The number of nitrogens with zero attached hydrogens (tertiary/aromatic N) is 1. The summed E-state index contributed by atoms with van der Waals surface area (Å²) in [7, 11) is 1.59. The second-order valence-electron chi connectivity index (χ2n) is 5.61. The fourth-order valence-corrected chi connectivity index (χ4v) is 2.27. The Morgan fingerprint density at radius 2 is 2.04 bits per heavy atom. The maximum absolute atomic E-state index is 12.4. The highest BCUT2D eigenvalue weighted by Gasteiger charge is 2.17. The zero-order chi connectivity index (χ0) is 17.9. The van der Waals surface area contributed by atoms with E-state index in [1.54, 1.807) is 25.3 Å². The first-order chi connectivity index (χ1) is 12.2. The Labute approximate surface area is 148 Å². The number of hydrogen-bond acceptors (Lipinski definition) is 6. The van der Waals surface area contributed by atoms with Gasteiger partial charge in [-0.1, -0.05) is 26.2 Å². The molecule has 2 rings (SSSR count). The number of benzene rings is 1. The van der Waals surface area contributed by atoms with E-state index in [9.17, 15) is 4.79 Å². The van der Waals surface area contributed by atoms with E-state index in [1.165, 1.54) is 12.8 Å². The van der Waals surface area contributed by atoms with Crippen LogP contribution in [0.5, 0.6) is 11.5 Å². The van der Waals surface area contributed by atoms with Crippen LogP contribution in [-0.2, 0) is 9.47 Å². The lowest BCUT2D eigenvalue weighted by molar-refractivity contribution is 0.0953. The molecule has 138 valence electrons. The van der Waals surface area contributed by atoms with Gasteiger partial charge in [0.15, 0.2) is 11.5 Å². The first-order valence-corrected chi connectivity index (χ1v) is 8.61. The SMILES string of the molecule is CCCCCCN=C(NC(=O)c1ccc2c(c1)OCO2)OCCOC. The Kier molecular flexibility index (Phi) is 8.04. The van der Waals surface area contributed by atoms with Crippen molar-refractivity contribution in [2.45, 2.75) is 32.6 Å². The van der Waals surface area contributed by atoms with Gasteiger partial charge in [-0.3, -0.25) is 10.1 Å². The smallest absolute Gasteiger partial charge is 0.291 e. The lowest BCUT2D eigenvalue weighted by Gasteiger charge is -2.11. The second-order valence-corrected chi connectivity index (χ2v) is 5.61. The molecule has 0 aliphatic carbocycles. The summed E-state index contributed by atoms with van der Waals surface area (Å²) in [6.07, 6.45) is 4.42. The van der Waals surface area contributed by atoms with Crippen molar-refractivity contribution in [3.63, 3.8) is 0 Å². The van der Waals surface area contributed by atoms with Gasteiger partial charge in [0.25, 0.3) is 11.9 Å². The van der Waals surface area contributed by atoms with Crippen molar-refractivity contribution in [2.75, 3.05) is 33.7 Å². The predicted octanol–water partition coefficient (Wildman–Crippen LogP) is 2.74. The molecule has 1 heterocycles. The van der Waals surface area contributed by atoms with Crippen molar-refractivity contribution < 1.29 is 23.7 Å². The summed E-state index contributed by atoms with van der Waals surface area (Å²) in [6, 6.07) is 5.25. The average Bonchev–Trinajstić information content (AvgIpc) is 3.09. The molecule has 7 heteroatoms. The third-order valence-electron chi connectivity index (χ3n) is 3.65. The maximum atomic E-state index is 12.4. The monoisotopic (exact) mass is 350 g/mol. The van der Waals surface area contributed by atoms with Gasteiger partial charge in [-0.2, -0.15) is 0 Å². The summed E-state index contributed by atoms with van der Waals surface area (Å²) in [4.78, 5) is 16.8. The minimum atomic E-state index is -0.303. The number of amidine groups is 1. The lowest BCUT2D eigenvalue weighted by Crippen LogP contribution is -2.33. The predicted molar refractivity (Wildman–Crippen MR) is 94.3 cm³/mol. The van der Waals surface area contributed by atoms with Crippen molar-refractivity contribution in [1.29, 1.82) is 0 Å². The highest BCUT2D eigenvalue weighted by molar-refractivity contribution is 6.04. The molecular weight excluding hydrogens is 324 g/mol. The van der Waals surface area contributed by atoms with Crippen LogP contribution in [0.25, 0.3) is 0 Å². The summed E-state index contributed by atoms with van der Waals surface area (Å²) in [5.74, 6) is 0.895. The van der Waals surface area contributed by atoms with E-state index in [1.807, 2.05) is 0 Å². The topological polar surface area (TPSA) is 78.4 Å². The molecule has 1 aliphatic rings. The minimum Gasteiger partial charge on any atom is -0.463 e. The van der Waals surface area contributed by atoms with Gasteiger partial charge in [-0.15, -0.1) is 0 Å². The van der Waals surface area contributed by atoms with Crippen LogP contribution in [0.3, 0.4) is 0 Å². The molecule has 7 nitrogen and oxygen atoms in total. The standard InChI is InChI=1S/C18H26N2O5/c1-3-4-5-6-9-19-18(23-11-10-22-2)20-17(21)14-7-8-15-16(12-14)25-13-24-15/h7-8,12H,3-6,9-11,13H2,1-2H3,(H,19,20,21). The van der Waals surface area contributed by atoms with Crippen molar-refractivity contribution in [3.05, 3.63) is 23.8 Å². The molecule has 1 amide bonds. The van der Waals surface area contributed by atoms with Crippen molar-refractivity contribution in [3.8, 4) is 11.5 Å². The van der Waals surface area contributed by atoms with Crippen LogP contribution >= 0.6 is 0 Å². The Morgan fingerprint density at radius 3 is 2.84 bits per heavy atom. The Balaban J connectivity index is 1.93. The molecule has 0 saturated heterocycles. The normalized spacial score (nSPS) is 13.0. The number of unbranched alkanes of at least 4 members (excludes halogenated alkanes) is 3. The van der Waals surface area contributed by atoms with Crippen LogP contribution in [0, 0.1) is 0 Å². The zero-order valence-corrected chi connectivity index (χ0v) is 14.9. The number of aliphatic imine (C=N–C) groups is 1. The molecule has 0 aromatic heterocycles. The largest absolute Gasteiger partial charge is 0.463 e. The fourth-order valence-electron chi connectivity index (χ4n) is 2.27. The average molecular weight is 350 g/mol. The van der Waals surface area contributed by atoms with Crippen LogP contribution < -0.4 is 14.8 Å². The summed E-state index contributed by atoms with van der Waals surface area (Å²) in [5, 5.41) is 2.71. The van der Waals surface area contributed by atoms with Gasteiger partial charge < -0.3 is 18.9 Å². The maximum Gasteiger partial charge on any atom is 0.291 e. The van der Waals surface area contributed by atoms with E-state index in [2.05, 4.69) is 17.2 Å². The van der Waals surface area contributed by atoms with Gasteiger partial charge >= 0.3 is 0 Å². The van der Waals surface area contributed by atoms with Gasteiger partial charge in [0.1, 0.15) is 6.61 Å². The second kappa shape index (κ2) is 10.6. The molecule has 1 N–H and O–H groups in total. The minimum absolute atomic E-state index is 0.172. The Hall–Kier alpha value is -2.28. The van der Waals surface area contributed by atoms with E-state index in [0.29, 0.717) is 36.8 Å². The summed E-state index contributed by atoms with van der Waals surface area (Å²) >= 11 is 0. The molecule has 25 heavy (non-hydrogen) atoms. The number of methoxy groups -OCH3 is 1. The van der Waals surface area contributed by atoms with E-state index in [-0.39, 0.29) is 18.7 Å². The molecule has 1 aliphatic heterocycles. The molecule has 0 bridgehead atoms. The van der Waals surface area contributed by atoms with Crippen molar-refractivity contribution >= 4 is 11.9 Å². The van der Waals surface area contributed by atoms with Crippen LogP contribution in [0.4, 0.5) is 0 Å². The molecular formula is C18H26N2O5. The number of carbonyl (C=O) groups excluding carboxylic acids is 1. The van der Waals surface area contributed by atoms with E-state index >= 15 is 0 Å². The molecule has 0 spiro atoms. The molecule has 1 aromatic carbocycles. The first-order valence-electron chi connectivity index (χ1n) is 8.61. The van der Waals surface area contributed by atoms with Gasteiger partial charge in [0.05, 0.1) is 6.61 Å². The van der Waals surface area contributed by atoms with E-state index < -0.39 is 0 Å². The van der Waals surface area contributed by atoms with Gasteiger partial charge in [0.2, 0.25) is 6.79 Å². The quantitative estimate of drug-likeness (QED) is 0.421. The molecule has 0 radical (unpaired) electrons. The molecule has 1 aromatic rings. The summed E-state index contributed by atoms with van der Waals surface area (Å²) in [6.45, 7) is 3.70. The molecule has 0 atom stereocenters. The fraction of sp³-hybridized carbons (Fsp3) is 0.556. The van der Waals surface area contributed by atoms with Crippen molar-refractivity contribution in [1.82, 2.24) is 5.32 Å². The van der Waals surface area contributed by atoms with Gasteiger partial charge in [0, 0.05) is 19.2 Å². The van der Waals surface area contributed by atoms with Crippen LogP contribution in [0.1, 0.15) is 43.0 Å². The number of amides is 1. The van der Waals surface area contributed by atoms with Crippen molar-refractivity contribution in [2.24, 2.45) is 4.99 Å². The van der Waals surface area contributed by atoms with Gasteiger partial charge in [-0.25, -0.2) is 4.99 Å². The lowest BCUT2D eigenvalue weighted by atomic mass is 10.2. The Bertz CT molecular complexity index is 589. The molecule has 0 saturated carbocycles. The number of hydrogen-bond donors (Lipinski definition) is 1. The first kappa shape index (κ1) is 19.1. The number of carbonyl (C=O) groups is 1. The van der Waals surface area contributed by atoms with E-state index in [0.717, 1.165) is 12.8 Å². The third kappa shape index (κ3) is 6.26. The summed E-state index contributed by atoms with van der Waals surface area (Å²) in [5.41, 5.74) is 0.457. The number of nitrogens with one attached hydrogen (secondary N) is 1. The highest BCUT2D eigenvalue weighted by atomic mass is 16.7. The summed E-state index contributed by atoms with van der Waals surface area (Å²) < 4.78 is 21.0. The molecule has 0 fully saturated rings. The van der Waals surface area contributed by atoms with E-state index in [4.69, 9.17) is 18.9 Å².